The molecule has 3 atom stereocenters. The van der Waals surface area contributed by atoms with E-state index in [1.807, 2.05) is 13.8 Å². The van der Waals surface area contributed by atoms with Gasteiger partial charge >= 0.3 is 0 Å². The number of fused-ring (bicyclic) bond motifs is 1. The lowest BCUT2D eigenvalue weighted by molar-refractivity contribution is 0.0924. The smallest absolute Gasteiger partial charge is 0.263 e. The molecule has 2 aliphatic rings. The van der Waals surface area contributed by atoms with Crippen molar-refractivity contribution in [1.29, 1.82) is 0 Å². The standard InChI is InChI=1S/C17H24N2O2/c1-10-9-14(17(21)19(3)11(10)2)16(20)18-15-8-7-12-5-4-6-13(12)15/h9,12-13,15H,4-8H2,1-3H3,(H,18,20)/t12-,13-,15-/m1/s1. The van der Waals surface area contributed by atoms with Crippen molar-refractivity contribution in [3.05, 3.63) is 33.2 Å². The molecule has 1 amide bonds. The first-order chi connectivity index (χ1) is 9.99. The number of hydrogen-bond donors (Lipinski definition) is 1. The van der Waals surface area contributed by atoms with Gasteiger partial charge in [0.2, 0.25) is 0 Å². The summed E-state index contributed by atoms with van der Waals surface area (Å²) in [6, 6.07) is 1.99. The summed E-state index contributed by atoms with van der Waals surface area (Å²) in [6.07, 6.45) is 6.10. The van der Waals surface area contributed by atoms with Gasteiger partial charge in [-0.1, -0.05) is 12.8 Å². The van der Waals surface area contributed by atoms with E-state index in [0.29, 0.717) is 5.92 Å². The van der Waals surface area contributed by atoms with Crippen LogP contribution in [-0.2, 0) is 7.05 Å². The molecule has 2 saturated carbocycles. The highest BCUT2D eigenvalue weighted by Crippen LogP contribution is 2.43. The van der Waals surface area contributed by atoms with Crippen molar-refractivity contribution in [2.24, 2.45) is 18.9 Å². The van der Waals surface area contributed by atoms with Gasteiger partial charge < -0.3 is 9.88 Å². The highest BCUT2D eigenvalue weighted by Gasteiger charge is 2.39. The Morgan fingerprint density at radius 1 is 1.24 bits per heavy atom. The fourth-order valence-electron chi connectivity index (χ4n) is 4.13. The first-order valence-corrected chi connectivity index (χ1v) is 7.97. The largest absolute Gasteiger partial charge is 0.349 e. The topological polar surface area (TPSA) is 51.1 Å². The van der Waals surface area contributed by atoms with Crippen molar-refractivity contribution in [2.75, 3.05) is 0 Å². The molecular formula is C17H24N2O2. The summed E-state index contributed by atoms with van der Waals surface area (Å²) < 4.78 is 1.57. The fraction of sp³-hybridized carbons (Fsp3) is 0.647. The summed E-state index contributed by atoms with van der Waals surface area (Å²) in [4.78, 5) is 24.8. The highest BCUT2D eigenvalue weighted by atomic mass is 16.2. The molecule has 0 aromatic carbocycles. The molecule has 4 heteroatoms. The molecule has 0 bridgehead atoms. The molecule has 0 radical (unpaired) electrons. The average molecular weight is 288 g/mol. The Bertz CT molecular complexity index is 632. The molecule has 1 aromatic heterocycles. The van der Waals surface area contributed by atoms with Crippen molar-refractivity contribution in [3.8, 4) is 0 Å². The van der Waals surface area contributed by atoms with Gasteiger partial charge in [-0.2, -0.15) is 0 Å². The Labute approximate surface area is 125 Å². The molecule has 0 saturated heterocycles. The van der Waals surface area contributed by atoms with E-state index in [2.05, 4.69) is 5.32 Å². The predicted molar refractivity (Wildman–Crippen MR) is 82.5 cm³/mol. The van der Waals surface area contributed by atoms with Gasteiger partial charge in [0, 0.05) is 18.8 Å². The summed E-state index contributed by atoms with van der Waals surface area (Å²) in [6.45, 7) is 3.84. The molecule has 114 valence electrons. The van der Waals surface area contributed by atoms with Crippen LogP contribution in [0.5, 0.6) is 0 Å². The Balaban J connectivity index is 1.82. The molecule has 2 aliphatic carbocycles. The lowest BCUT2D eigenvalue weighted by Crippen LogP contribution is -2.41. The number of pyridine rings is 1. The fourth-order valence-corrected chi connectivity index (χ4v) is 4.13. The number of aromatic nitrogens is 1. The second-order valence-electron chi connectivity index (χ2n) is 6.70. The second kappa shape index (κ2) is 5.32. The van der Waals surface area contributed by atoms with E-state index in [4.69, 9.17) is 0 Å². The van der Waals surface area contributed by atoms with Gasteiger partial charge in [-0.25, -0.2) is 0 Å². The van der Waals surface area contributed by atoms with Gasteiger partial charge in [0.15, 0.2) is 0 Å². The molecule has 4 nitrogen and oxygen atoms in total. The van der Waals surface area contributed by atoms with E-state index in [0.717, 1.165) is 23.6 Å². The van der Waals surface area contributed by atoms with Crippen LogP contribution in [0, 0.1) is 25.7 Å². The summed E-state index contributed by atoms with van der Waals surface area (Å²) >= 11 is 0. The Morgan fingerprint density at radius 2 is 2.00 bits per heavy atom. The van der Waals surface area contributed by atoms with Gasteiger partial charge in [0.25, 0.3) is 11.5 Å². The van der Waals surface area contributed by atoms with E-state index in [1.54, 1.807) is 17.7 Å². The van der Waals surface area contributed by atoms with Crippen LogP contribution in [0.4, 0.5) is 0 Å². The van der Waals surface area contributed by atoms with Gasteiger partial charge in [0.05, 0.1) is 0 Å². The zero-order valence-electron chi connectivity index (χ0n) is 13.1. The van der Waals surface area contributed by atoms with E-state index in [1.165, 1.54) is 25.7 Å². The first-order valence-electron chi connectivity index (χ1n) is 7.97. The van der Waals surface area contributed by atoms with Crippen molar-refractivity contribution in [1.82, 2.24) is 9.88 Å². The number of amides is 1. The second-order valence-corrected chi connectivity index (χ2v) is 6.70. The molecule has 0 unspecified atom stereocenters. The Morgan fingerprint density at radius 3 is 2.76 bits per heavy atom. The number of aryl methyl sites for hydroxylation is 1. The summed E-state index contributed by atoms with van der Waals surface area (Å²) in [7, 11) is 1.73. The van der Waals surface area contributed by atoms with Crippen LogP contribution in [0.15, 0.2) is 10.9 Å². The minimum Gasteiger partial charge on any atom is -0.349 e. The summed E-state index contributed by atoms with van der Waals surface area (Å²) in [5.41, 5.74) is 1.97. The predicted octanol–water partition coefficient (Wildman–Crippen LogP) is 2.31. The number of nitrogens with one attached hydrogen (secondary N) is 1. The van der Waals surface area contributed by atoms with Crippen LogP contribution in [0.25, 0.3) is 0 Å². The lowest BCUT2D eigenvalue weighted by atomic mass is 9.97. The van der Waals surface area contributed by atoms with Gasteiger partial charge in [-0.15, -0.1) is 0 Å². The van der Waals surface area contributed by atoms with Crippen molar-refractivity contribution in [3.63, 3.8) is 0 Å². The van der Waals surface area contributed by atoms with E-state index in [-0.39, 0.29) is 23.1 Å². The normalized spacial score (nSPS) is 27.7. The molecule has 3 rings (SSSR count). The third-order valence-electron chi connectivity index (χ3n) is 5.61. The highest BCUT2D eigenvalue weighted by molar-refractivity contribution is 5.94. The van der Waals surface area contributed by atoms with E-state index in [9.17, 15) is 9.59 Å². The van der Waals surface area contributed by atoms with Crippen LogP contribution in [0.2, 0.25) is 0 Å². The third-order valence-corrected chi connectivity index (χ3v) is 5.61. The van der Waals surface area contributed by atoms with Crippen LogP contribution >= 0.6 is 0 Å². The van der Waals surface area contributed by atoms with Crippen LogP contribution in [-0.4, -0.2) is 16.5 Å². The maximum Gasteiger partial charge on any atom is 0.263 e. The molecule has 0 spiro atoms. The zero-order chi connectivity index (χ0) is 15.1. The van der Waals surface area contributed by atoms with Crippen molar-refractivity contribution < 1.29 is 4.79 Å². The van der Waals surface area contributed by atoms with Gasteiger partial charge in [0.1, 0.15) is 5.56 Å². The molecule has 1 heterocycles. The lowest BCUT2D eigenvalue weighted by Gasteiger charge is -2.20. The average Bonchev–Trinajstić information content (AvgIpc) is 3.05. The van der Waals surface area contributed by atoms with E-state index >= 15 is 0 Å². The molecule has 21 heavy (non-hydrogen) atoms. The monoisotopic (exact) mass is 288 g/mol. The quantitative estimate of drug-likeness (QED) is 0.908. The Hall–Kier alpha value is -1.58. The maximum absolute atomic E-state index is 12.5. The van der Waals surface area contributed by atoms with Crippen LogP contribution in [0.3, 0.4) is 0 Å². The van der Waals surface area contributed by atoms with Crippen LogP contribution in [0.1, 0.15) is 53.7 Å². The minimum absolute atomic E-state index is 0.198. The molecular weight excluding hydrogens is 264 g/mol. The molecule has 1 N–H and O–H groups in total. The summed E-state index contributed by atoms with van der Waals surface area (Å²) in [5, 5.41) is 3.13. The first kappa shape index (κ1) is 14.4. The number of carbonyl (C=O) groups excluding carboxylic acids is 1. The van der Waals surface area contributed by atoms with Crippen molar-refractivity contribution >= 4 is 5.91 Å². The van der Waals surface area contributed by atoms with E-state index < -0.39 is 0 Å². The zero-order valence-corrected chi connectivity index (χ0v) is 13.1. The number of hydrogen-bond acceptors (Lipinski definition) is 2. The Kier molecular flexibility index (Phi) is 3.64. The summed E-state index contributed by atoms with van der Waals surface area (Å²) in [5.74, 6) is 1.22. The van der Waals surface area contributed by atoms with Gasteiger partial charge in [-0.05, 0) is 56.6 Å². The minimum atomic E-state index is -0.198. The number of nitrogens with zero attached hydrogens (tertiary/aromatic N) is 1. The molecule has 1 aromatic rings. The third kappa shape index (κ3) is 2.41. The maximum atomic E-state index is 12.5. The number of rotatable bonds is 2. The van der Waals surface area contributed by atoms with Gasteiger partial charge in [-0.3, -0.25) is 9.59 Å². The molecule has 2 fully saturated rings. The van der Waals surface area contributed by atoms with Crippen molar-refractivity contribution in [2.45, 2.75) is 52.0 Å². The molecule has 0 aliphatic heterocycles. The SMILES string of the molecule is Cc1cc(C(=O)N[C@@H]2CC[C@H]3CCC[C@H]32)c(=O)n(C)c1C. The van der Waals surface area contributed by atoms with Crippen LogP contribution < -0.4 is 10.9 Å². The number of carbonyl (C=O) groups is 1.